The number of amides is 1. The summed E-state index contributed by atoms with van der Waals surface area (Å²) in [6.07, 6.45) is 1.64. The van der Waals surface area contributed by atoms with Crippen LogP contribution < -0.4 is 0 Å². The minimum Gasteiger partial charge on any atom is -0.480 e. The molecule has 2 aliphatic heterocycles. The Morgan fingerprint density at radius 1 is 1.36 bits per heavy atom. The Kier molecular flexibility index (Phi) is 4.58. The molecule has 0 spiro atoms. The van der Waals surface area contributed by atoms with Gasteiger partial charge in [-0.25, -0.2) is 9.59 Å². The normalized spacial score (nSPS) is 25.9. The molecule has 146 valence electrons. The number of β-lactam (4-membered cyclic amide) rings is 1. The highest BCUT2D eigenvalue weighted by Crippen LogP contribution is 2.51. The van der Waals surface area contributed by atoms with Gasteiger partial charge >= 0.3 is 11.9 Å². The summed E-state index contributed by atoms with van der Waals surface area (Å²) in [5, 5.41) is 17.7. The number of fused-ring (bicyclic) bond motifs is 1. The van der Waals surface area contributed by atoms with Gasteiger partial charge in [0.05, 0.1) is 29.3 Å². The van der Waals surface area contributed by atoms with Gasteiger partial charge in [-0.05, 0) is 12.5 Å². The highest BCUT2D eigenvalue weighted by molar-refractivity contribution is 8.01. The van der Waals surface area contributed by atoms with Gasteiger partial charge in [0.15, 0.2) is 5.69 Å². The fraction of sp³-hybridized carbons (Fsp3) is 0.389. The number of esters is 1. The average molecular weight is 402 g/mol. The predicted octanol–water partition coefficient (Wildman–Crippen LogP) is 1.15. The Balaban J connectivity index is 1.43. The van der Waals surface area contributed by atoms with E-state index in [0.717, 1.165) is 5.56 Å². The van der Waals surface area contributed by atoms with E-state index in [1.807, 2.05) is 30.3 Å². The first-order chi connectivity index (χ1) is 13.4. The van der Waals surface area contributed by atoms with Gasteiger partial charge in [0.1, 0.15) is 12.6 Å². The molecular weight excluding hydrogens is 384 g/mol. The van der Waals surface area contributed by atoms with Gasteiger partial charge in [0, 0.05) is 0 Å². The van der Waals surface area contributed by atoms with Crippen LogP contribution in [-0.4, -0.2) is 59.0 Å². The fourth-order valence-electron chi connectivity index (χ4n) is 3.53. The molecule has 0 bridgehead atoms. The fourth-order valence-corrected chi connectivity index (χ4v) is 5.26. The summed E-state index contributed by atoms with van der Waals surface area (Å²) in [7, 11) is 0. The standard InChI is InChI=1S/C18H18N4O5S/c1-18(15(16(24)25)22-13(23)7-14(22)28-18)10-21-19-8-12(20-21)17(26)27-9-11-5-3-2-4-6-11/h2-6,8,14-15H,7,9-10H2,1H3,(H,24,25). The van der Waals surface area contributed by atoms with Crippen molar-refractivity contribution in [1.82, 2.24) is 19.9 Å². The number of rotatable bonds is 6. The minimum absolute atomic E-state index is 0.0498. The third kappa shape index (κ3) is 3.24. The van der Waals surface area contributed by atoms with Crippen LogP contribution in [0.1, 0.15) is 29.4 Å². The Morgan fingerprint density at radius 2 is 2.11 bits per heavy atom. The summed E-state index contributed by atoms with van der Waals surface area (Å²) in [5.74, 6) is -1.82. The summed E-state index contributed by atoms with van der Waals surface area (Å²) >= 11 is 1.43. The van der Waals surface area contributed by atoms with Crippen LogP contribution >= 0.6 is 11.8 Å². The lowest BCUT2D eigenvalue weighted by Crippen LogP contribution is -2.58. The molecule has 3 heterocycles. The molecular formula is C18H18N4O5S. The number of carboxylic acid groups (broad SMARTS) is 1. The Hall–Kier alpha value is -2.88. The second-order valence-corrected chi connectivity index (χ2v) is 8.67. The quantitative estimate of drug-likeness (QED) is 0.565. The second kappa shape index (κ2) is 6.93. The maximum atomic E-state index is 12.2. The number of hydrogen-bond donors (Lipinski definition) is 1. The van der Waals surface area contributed by atoms with Crippen LogP contribution in [0.2, 0.25) is 0 Å². The number of ether oxygens (including phenoxy) is 1. The molecule has 4 rings (SSSR count). The van der Waals surface area contributed by atoms with E-state index in [4.69, 9.17) is 4.74 Å². The van der Waals surface area contributed by atoms with Crippen molar-refractivity contribution in [2.24, 2.45) is 0 Å². The maximum Gasteiger partial charge on any atom is 0.360 e. The zero-order valence-corrected chi connectivity index (χ0v) is 15.8. The first-order valence-corrected chi connectivity index (χ1v) is 9.58. The van der Waals surface area contributed by atoms with Crippen molar-refractivity contribution < 1.29 is 24.2 Å². The molecule has 28 heavy (non-hydrogen) atoms. The number of aromatic nitrogens is 3. The number of thioether (sulfide) groups is 1. The van der Waals surface area contributed by atoms with Crippen molar-refractivity contribution in [3.63, 3.8) is 0 Å². The Morgan fingerprint density at radius 3 is 2.79 bits per heavy atom. The van der Waals surface area contributed by atoms with Crippen LogP contribution in [-0.2, 0) is 27.5 Å². The number of benzene rings is 1. The predicted molar refractivity (Wildman–Crippen MR) is 98.3 cm³/mol. The van der Waals surface area contributed by atoms with Crippen molar-refractivity contribution >= 4 is 29.6 Å². The van der Waals surface area contributed by atoms with E-state index in [9.17, 15) is 19.5 Å². The van der Waals surface area contributed by atoms with E-state index in [-0.39, 0.29) is 30.1 Å². The summed E-state index contributed by atoms with van der Waals surface area (Å²) in [6.45, 7) is 2.06. The molecule has 1 amide bonds. The Bertz CT molecular complexity index is 933. The SMILES string of the molecule is CC1(Cn2ncc(C(=O)OCc3ccccc3)n2)SC2CC(=O)N2C1C(=O)O. The van der Waals surface area contributed by atoms with Gasteiger partial charge in [-0.1, -0.05) is 30.3 Å². The molecule has 2 aromatic rings. The number of nitrogens with zero attached hydrogens (tertiary/aromatic N) is 4. The van der Waals surface area contributed by atoms with Crippen molar-refractivity contribution in [3.8, 4) is 0 Å². The minimum atomic E-state index is -1.06. The van der Waals surface area contributed by atoms with Crippen molar-refractivity contribution in [2.75, 3.05) is 0 Å². The molecule has 2 fully saturated rings. The highest BCUT2D eigenvalue weighted by Gasteiger charge is 2.61. The lowest BCUT2D eigenvalue weighted by atomic mass is 9.96. The topological polar surface area (TPSA) is 115 Å². The molecule has 2 saturated heterocycles. The molecule has 1 aromatic heterocycles. The van der Waals surface area contributed by atoms with Crippen LogP contribution in [0.3, 0.4) is 0 Å². The smallest absolute Gasteiger partial charge is 0.360 e. The molecule has 0 aliphatic carbocycles. The van der Waals surface area contributed by atoms with Crippen molar-refractivity contribution in [1.29, 1.82) is 0 Å². The lowest BCUT2D eigenvalue weighted by molar-refractivity contribution is -0.157. The molecule has 1 aromatic carbocycles. The van der Waals surface area contributed by atoms with Gasteiger partial charge in [-0.15, -0.1) is 16.9 Å². The van der Waals surface area contributed by atoms with E-state index < -0.39 is 22.7 Å². The van der Waals surface area contributed by atoms with E-state index >= 15 is 0 Å². The molecule has 9 nitrogen and oxygen atoms in total. The summed E-state index contributed by atoms with van der Waals surface area (Å²) < 4.78 is 4.43. The molecule has 2 aliphatic rings. The number of carbonyl (C=O) groups excluding carboxylic acids is 2. The van der Waals surface area contributed by atoms with Gasteiger partial charge in [0.2, 0.25) is 5.91 Å². The average Bonchev–Trinajstić information content (AvgIpc) is 3.21. The van der Waals surface area contributed by atoms with Crippen LogP contribution in [0.4, 0.5) is 0 Å². The summed E-state index contributed by atoms with van der Waals surface area (Å²) in [6, 6.07) is 8.32. The summed E-state index contributed by atoms with van der Waals surface area (Å²) in [5.41, 5.74) is 0.908. The van der Waals surface area contributed by atoms with Gasteiger partial charge in [-0.2, -0.15) is 9.90 Å². The first-order valence-electron chi connectivity index (χ1n) is 8.70. The highest BCUT2D eigenvalue weighted by atomic mass is 32.2. The van der Waals surface area contributed by atoms with E-state index in [0.29, 0.717) is 6.42 Å². The van der Waals surface area contributed by atoms with Crippen molar-refractivity contribution in [2.45, 2.75) is 42.7 Å². The van der Waals surface area contributed by atoms with Crippen LogP contribution in [0.25, 0.3) is 0 Å². The number of hydrogen-bond acceptors (Lipinski definition) is 7. The molecule has 0 saturated carbocycles. The number of aliphatic carboxylic acids is 1. The second-order valence-electron chi connectivity index (χ2n) is 6.95. The van der Waals surface area contributed by atoms with Gasteiger partial charge < -0.3 is 14.7 Å². The third-order valence-electron chi connectivity index (χ3n) is 4.86. The zero-order chi connectivity index (χ0) is 19.9. The summed E-state index contributed by atoms with van der Waals surface area (Å²) in [4.78, 5) is 38.4. The molecule has 3 unspecified atom stereocenters. The largest absolute Gasteiger partial charge is 0.480 e. The van der Waals surface area contributed by atoms with Gasteiger partial charge in [-0.3, -0.25) is 4.79 Å². The first kappa shape index (κ1) is 18.5. The van der Waals surface area contributed by atoms with Crippen LogP contribution in [0, 0.1) is 0 Å². The number of carbonyl (C=O) groups is 3. The molecule has 10 heteroatoms. The van der Waals surface area contributed by atoms with Crippen molar-refractivity contribution in [3.05, 3.63) is 47.8 Å². The molecule has 1 N–H and O–H groups in total. The number of carboxylic acids is 1. The zero-order valence-electron chi connectivity index (χ0n) is 15.0. The molecule has 0 radical (unpaired) electrons. The van der Waals surface area contributed by atoms with E-state index in [1.54, 1.807) is 6.92 Å². The maximum absolute atomic E-state index is 12.2. The van der Waals surface area contributed by atoms with E-state index in [2.05, 4.69) is 10.2 Å². The lowest BCUT2D eigenvalue weighted by Gasteiger charge is -2.36. The monoisotopic (exact) mass is 402 g/mol. The molecule has 3 atom stereocenters. The Labute approximate surface area is 164 Å². The van der Waals surface area contributed by atoms with Crippen LogP contribution in [0.15, 0.2) is 36.5 Å². The third-order valence-corrected chi connectivity index (χ3v) is 6.41. The van der Waals surface area contributed by atoms with Gasteiger partial charge in [0.25, 0.3) is 0 Å². The van der Waals surface area contributed by atoms with Crippen LogP contribution in [0.5, 0.6) is 0 Å². The van der Waals surface area contributed by atoms with E-state index in [1.165, 1.54) is 27.7 Å².